The van der Waals surface area contributed by atoms with Gasteiger partial charge in [0.2, 0.25) is 10.0 Å². The largest absolute Gasteiger partial charge is 0.339 e. The van der Waals surface area contributed by atoms with Gasteiger partial charge in [0.15, 0.2) is 0 Å². The number of carbonyl (C=O) groups is 1. The predicted molar refractivity (Wildman–Crippen MR) is 81.7 cm³/mol. The number of likely N-dealkylation sites (tertiary alicyclic amines) is 1. The number of sulfonamides is 1. The van der Waals surface area contributed by atoms with E-state index in [0.29, 0.717) is 12.1 Å². The Bertz CT molecular complexity index is 593. The van der Waals surface area contributed by atoms with Gasteiger partial charge in [0.05, 0.1) is 4.90 Å². The van der Waals surface area contributed by atoms with Crippen molar-refractivity contribution in [2.24, 2.45) is 0 Å². The van der Waals surface area contributed by atoms with E-state index in [1.54, 1.807) is 17.0 Å². The normalized spacial score (nSPS) is 15.4. The fraction of sp³-hybridized carbons (Fsp3) is 0.533. The van der Waals surface area contributed by atoms with E-state index >= 15 is 0 Å². The third kappa shape index (κ3) is 4.04. The number of carbonyl (C=O) groups excluding carboxylic acids is 1. The third-order valence-electron chi connectivity index (χ3n) is 3.61. The first kappa shape index (κ1) is 16.0. The Kier molecular flexibility index (Phi) is 5.36. The van der Waals surface area contributed by atoms with Gasteiger partial charge in [-0.05, 0) is 37.5 Å². The van der Waals surface area contributed by atoms with Crippen LogP contribution in [-0.2, 0) is 10.0 Å². The molecule has 1 N–H and O–H groups in total. The molecule has 1 heterocycles. The molecule has 0 bridgehead atoms. The zero-order valence-corrected chi connectivity index (χ0v) is 13.2. The molecule has 0 radical (unpaired) electrons. The molecule has 0 aromatic heterocycles. The van der Waals surface area contributed by atoms with Crippen LogP contribution in [0.25, 0.3) is 0 Å². The molecule has 0 spiro atoms. The van der Waals surface area contributed by atoms with Crippen molar-refractivity contribution < 1.29 is 13.2 Å². The van der Waals surface area contributed by atoms with Crippen LogP contribution in [0.3, 0.4) is 0 Å². The monoisotopic (exact) mass is 310 g/mol. The molecule has 1 aliphatic rings. The number of unbranched alkanes of at least 4 members (excludes halogenated alkanes) is 1. The van der Waals surface area contributed by atoms with Crippen LogP contribution in [0, 0.1) is 0 Å². The number of amides is 1. The zero-order valence-electron chi connectivity index (χ0n) is 12.3. The highest BCUT2D eigenvalue weighted by Crippen LogP contribution is 2.16. The number of benzene rings is 1. The standard InChI is InChI=1S/C15H22N2O3S/c1-2-3-9-16-21(19,20)14-8-6-7-13(12-14)15(18)17-10-4-5-11-17/h6-8,12,16H,2-5,9-11H2,1H3. The van der Waals surface area contributed by atoms with E-state index in [4.69, 9.17) is 0 Å². The Hall–Kier alpha value is -1.40. The summed E-state index contributed by atoms with van der Waals surface area (Å²) in [5.41, 5.74) is 0.440. The van der Waals surface area contributed by atoms with Crippen molar-refractivity contribution in [3.05, 3.63) is 29.8 Å². The first-order valence-electron chi connectivity index (χ1n) is 7.43. The molecule has 0 aliphatic carbocycles. The molecular weight excluding hydrogens is 288 g/mol. The van der Waals surface area contributed by atoms with Gasteiger partial charge >= 0.3 is 0 Å². The topological polar surface area (TPSA) is 66.5 Å². The number of rotatable bonds is 6. The summed E-state index contributed by atoms with van der Waals surface area (Å²) in [6.07, 6.45) is 3.76. The summed E-state index contributed by atoms with van der Waals surface area (Å²) in [6, 6.07) is 6.29. The highest BCUT2D eigenvalue weighted by atomic mass is 32.2. The lowest BCUT2D eigenvalue weighted by Crippen LogP contribution is -2.28. The Morgan fingerprint density at radius 1 is 1.29 bits per heavy atom. The molecular formula is C15H22N2O3S. The van der Waals surface area contributed by atoms with Gasteiger partial charge in [-0.2, -0.15) is 0 Å². The molecule has 1 aromatic carbocycles. The zero-order chi connectivity index (χ0) is 15.3. The second kappa shape index (κ2) is 7.04. The summed E-state index contributed by atoms with van der Waals surface area (Å²) in [7, 11) is -3.53. The highest BCUT2D eigenvalue weighted by Gasteiger charge is 2.21. The Balaban J connectivity index is 2.15. The quantitative estimate of drug-likeness (QED) is 0.817. The lowest BCUT2D eigenvalue weighted by atomic mass is 10.2. The van der Waals surface area contributed by atoms with Crippen LogP contribution in [0.2, 0.25) is 0 Å². The van der Waals surface area contributed by atoms with Gasteiger partial charge in [-0.3, -0.25) is 4.79 Å². The minimum atomic E-state index is -3.53. The van der Waals surface area contributed by atoms with Gasteiger partial charge in [-0.25, -0.2) is 13.1 Å². The van der Waals surface area contributed by atoms with Crippen molar-refractivity contribution in [2.45, 2.75) is 37.5 Å². The highest BCUT2D eigenvalue weighted by molar-refractivity contribution is 7.89. The average molecular weight is 310 g/mol. The van der Waals surface area contributed by atoms with Crippen LogP contribution in [0.15, 0.2) is 29.2 Å². The van der Waals surface area contributed by atoms with E-state index in [9.17, 15) is 13.2 Å². The first-order chi connectivity index (χ1) is 10.0. The van der Waals surface area contributed by atoms with Crippen molar-refractivity contribution in [3.8, 4) is 0 Å². The Morgan fingerprint density at radius 3 is 2.67 bits per heavy atom. The van der Waals surface area contributed by atoms with Gasteiger partial charge < -0.3 is 4.90 Å². The molecule has 2 rings (SSSR count). The minimum Gasteiger partial charge on any atom is -0.339 e. The molecule has 5 nitrogen and oxygen atoms in total. The predicted octanol–water partition coefficient (Wildman–Crippen LogP) is 2.00. The number of nitrogens with zero attached hydrogens (tertiary/aromatic N) is 1. The van der Waals surface area contributed by atoms with Crippen molar-refractivity contribution in [1.82, 2.24) is 9.62 Å². The molecule has 1 saturated heterocycles. The van der Waals surface area contributed by atoms with Crippen molar-refractivity contribution >= 4 is 15.9 Å². The summed E-state index contributed by atoms with van der Waals surface area (Å²) in [5.74, 6) is -0.0851. The Labute approximate surface area is 126 Å². The van der Waals surface area contributed by atoms with Gasteiger partial charge in [-0.1, -0.05) is 19.4 Å². The summed E-state index contributed by atoms with van der Waals surface area (Å²) in [6.45, 7) is 3.93. The van der Waals surface area contributed by atoms with Gasteiger partial charge in [0.25, 0.3) is 5.91 Å². The van der Waals surface area contributed by atoms with Gasteiger partial charge in [-0.15, -0.1) is 0 Å². The molecule has 6 heteroatoms. The van der Waals surface area contributed by atoms with E-state index in [1.165, 1.54) is 12.1 Å². The van der Waals surface area contributed by atoms with Crippen LogP contribution in [0.1, 0.15) is 43.0 Å². The van der Waals surface area contributed by atoms with Gasteiger partial charge in [0, 0.05) is 25.2 Å². The van der Waals surface area contributed by atoms with Crippen LogP contribution in [0.4, 0.5) is 0 Å². The lowest BCUT2D eigenvalue weighted by Gasteiger charge is -2.15. The molecule has 21 heavy (non-hydrogen) atoms. The molecule has 0 saturated carbocycles. The van der Waals surface area contributed by atoms with Crippen molar-refractivity contribution in [3.63, 3.8) is 0 Å². The van der Waals surface area contributed by atoms with E-state index in [2.05, 4.69) is 4.72 Å². The maximum atomic E-state index is 12.3. The number of hydrogen-bond acceptors (Lipinski definition) is 3. The molecule has 1 fully saturated rings. The molecule has 116 valence electrons. The van der Waals surface area contributed by atoms with Crippen molar-refractivity contribution in [2.75, 3.05) is 19.6 Å². The fourth-order valence-electron chi connectivity index (χ4n) is 2.37. The second-order valence-corrected chi connectivity index (χ2v) is 7.05. The van der Waals surface area contributed by atoms with E-state index in [1.807, 2.05) is 6.92 Å². The van der Waals surface area contributed by atoms with Crippen LogP contribution >= 0.6 is 0 Å². The Morgan fingerprint density at radius 2 is 2.00 bits per heavy atom. The summed E-state index contributed by atoms with van der Waals surface area (Å²) >= 11 is 0. The molecule has 0 atom stereocenters. The van der Waals surface area contributed by atoms with E-state index < -0.39 is 10.0 Å². The van der Waals surface area contributed by atoms with Crippen LogP contribution in [0.5, 0.6) is 0 Å². The smallest absolute Gasteiger partial charge is 0.253 e. The second-order valence-electron chi connectivity index (χ2n) is 5.28. The summed E-state index contributed by atoms with van der Waals surface area (Å²) in [4.78, 5) is 14.2. The molecule has 1 aliphatic heterocycles. The molecule has 1 aromatic rings. The van der Waals surface area contributed by atoms with Crippen LogP contribution in [-0.4, -0.2) is 38.9 Å². The maximum absolute atomic E-state index is 12.3. The fourth-order valence-corrected chi connectivity index (χ4v) is 3.49. The van der Waals surface area contributed by atoms with Crippen molar-refractivity contribution in [1.29, 1.82) is 0 Å². The minimum absolute atomic E-state index is 0.0851. The molecule has 0 unspecified atom stereocenters. The van der Waals surface area contributed by atoms with E-state index in [-0.39, 0.29) is 10.8 Å². The van der Waals surface area contributed by atoms with E-state index in [0.717, 1.165) is 38.8 Å². The van der Waals surface area contributed by atoms with Crippen LogP contribution < -0.4 is 4.72 Å². The summed E-state index contributed by atoms with van der Waals surface area (Å²) < 4.78 is 26.9. The number of hydrogen-bond donors (Lipinski definition) is 1. The first-order valence-corrected chi connectivity index (χ1v) is 8.92. The lowest BCUT2D eigenvalue weighted by molar-refractivity contribution is 0.0792. The maximum Gasteiger partial charge on any atom is 0.253 e. The number of nitrogens with one attached hydrogen (secondary N) is 1. The SMILES string of the molecule is CCCCNS(=O)(=O)c1cccc(C(=O)N2CCCC2)c1. The average Bonchev–Trinajstić information content (AvgIpc) is 3.01. The third-order valence-corrected chi connectivity index (χ3v) is 5.07. The summed E-state index contributed by atoms with van der Waals surface area (Å²) in [5, 5.41) is 0. The van der Waals surface area contributed by atoms with Gasteiger partial charge in [0.1, 0.15) is 0 Å². The molecule has 1 amide bonds.